The number of rotatable bonds is 3. The van der Waals surface area contributed by atoms with Crippen LogP contribution >= 0.6 is 0 Å². The largest absolute Gasteiger partial charge is 0.502 e. The van der Waals surface area contributed by atoms with Crippen LogP contribution in [0, 0.1) is 0 Å². The Labute approximate surface area is 87.4 Å². The van der Waals surface area contributed by atoms with Gasteiger partial charge in [0, 0.05) is 6.42 Å². The molecule has 1 heterocycles. The number of allylic oxidation sites excluding steroid dienone is 1. The number of ketones is 2. The molecule has 0 aromatic carbocycles. The Morgan fingerprint density at radius 2 is 2.13 bits per heavy atom. The molecule has 0 aliphatic carbocycles. The molecule has 0 saturated heterocycles. The van der Waals surface area contributed by atoms with Crippen LogP contribution in [-0.2, 0) is 14.3 Å². The van der Waals surface area contributed by atoms with Crippen LogP contribution in [0.15, 0.2) is 11.5 Å². The predicted octanol–water partition coefficient (Wildman–Crippen LogP) is 0.474. The van der Waals surface area contributed by atoms with Crippen molar-refractivity contribution in [1.82, 2.24) is 0 Å². The van der Waals surface area contributed by atoms with Crippen molar-refractivity contribution in [3.8, 4) is 0 Å². The molecule has 1 aliphatic rings. The molecule has 0 aromatic rings. The fraction of sp³-hybridized carbons (Fsp3) is 0.600. The van der Waals surface area contributed by atoms with E-state index in [1.54, 1.807) is 0 Å². The predicted molar refractivity (Wildman–Crippen MR) is 51.1 cm³/mol. The van der Waals surface area contributed by atoms with Crippen LogP contribution in [0.4, 0.5) is 0 Å². The van der Waals surface area contributed by atoms with Crippen molar-refractivity contribution in [3.63, 3.8) is 0 Å². The van der Waals surface area contributed by atoms with Gasteiger partial charge in [0.15, 0.2) is 11.4 Å². The summed E-state index contributed by atoms with van der Waals surface area (Å²) in [5.74, 6) is -1.34. The van der Waals surface area contributed by atoms with Crippen LogP contribution in [0.2, 0.25) is 0 Å². The molecule has 0 amide bonds. The van der Waals surface area contributed by atoms with Gasteiger partial charge in [0.1, 0.15) is 11.9 Å². The van der Waals surface area contributed by atoms with Gasteiger partial charge in [-0.2, -0.15) is 0 Å². The zero-order chi connectivity index (χ0) is 11.8. The van der Waals surface area contributed by atoms with Gasteiger partial charge in [-0.15, -0.1) is 0 Å². The van der Waals surface area contributed by atoms with E-state index in [4.69, 9.17) is 4.74 Å². The number of Topliss-reactive ketones (excluding diaryl/α,β-unsaturated/α-hetero) is 2. The first-order valence-electron chi connectivity index (χ1n) is 4.60. The average molecular weight is 214 g/mol. The summed E-state index contributed by atoms with van der Waals surface area (Å²) in [5, 5.41) is 18.7. The summed E-state index contributed by atoms with van der Waals surface area (Å²) in [4.78, 5) is 22.4. The second-order valence-electron chi connectivity index (χ2n) is 3.90. The first-order valence-corrected chi connectivity index (χ1v) is 4.60. The van der Waals surface area contributed by atoms with Crippen molar-refractivity contribution in [2.24, 2.45) is 0 Å². The van der Waals surface area contributed by atoms with Crippen molar-refractivity contribution < 1.29 is 24.5 Å². The molecule has 84 valence electrons. The van der Waals surface area contributed by atoms with Gasteiger partial charge in [0.2, 0.25) is 11.5 Å². The number of ether oxygens (including phenoxy) is 1. The number of aliphatic hydroxyl groups is 2. The lowest BCUT2D eigenvalue weighted by Gasteiger charge is -2.24. The standard InChI is InChI=1S/C10H14O5/c1-5(11)7(12)4-10(3)9(14)8(13)6(2)15-10/h7,12-13H,4H2,1-3H3. The van der Waals surface area contributed by atoms with Crippen LogP contribution in [0.3, 0.4) is 0 Å². The van der Waals surface area contributed by atoms with Gasteiger partial charge in [0.05, 0.1) is 0 Å². The van der Waals surface area contributed by atoms with Gasteiger partial charge >= 0.3 is 0 Å². The minimum absolute atomic E-state index is 0.123. The Balaban J connectivity index is 2.81. The van der Waals surface area contributed by atoms with Crippen LogP contribution in [0.25, 0.3) is 0 Å². The third kappa shape index (κ3) is 2.02. The highest BCUT2D eigenvalue weighted by Crippen LogP contribution is 2.32. The van der Waals surface area contributed by atoms with E-state index >= 15 is 0 Å². The van der Waals surface area contributed by atoms with E-state index in [-0.39, 0.29) is 12.2 Å². The van der Waals surface area contributed by atoms with Gasteiger partial charge in [-0.25, -0.2) is 0 Å². The number of hydrogen-bond acceptors (Lipinski definition) is 5. The van der Waals surface area contributed by atoms with Gasteiger partial charge in [0.25, 0.3) is 0 Å². The molecule has 0 bridgehead atoms. The highest BCUT2D eigenvalue weighted by atomic mass is 16.5. The van der Waals surface area contributed by atoms with Crippen molar-refractivity contribution in [2.45, 2.75) is 38.9 Å². The Bertz CT molecular complexity index is 344. The molecule has 1 aliphatic heterocycles. The topological polar surface area (TPSA) is 83.8 Å². The first-order chi connectivity index (χ1) is 6.78. The molecule has 0 saturated carbocycles. The average Bonchev–Trinajstić information content (AvgIpc) is 2.30. The molecule has 0 radical (unpaired) electrons. The summed E-state index contributed by atoms with van der Waals surface area (Å²) in [6.07, 6.45) is -1.40. The molecular formula is C10H14O5. The minimum Gasteiger partial charge on any atom is -0.502 e. The van der Waals surface area contributed by atoms with E-state index in [9.17, 15) is 19.8 Å². The SMILES string of the molecule is CC(=O)C(O)CC1(C)OC(C)=C(O)C1=O. The highest BCUT2D eigenvalue weighted by molar-refractivity contribution is 6.02. The molecule has 0 aromatic heterocycles. The summed E-state index contributed by atoms with van der Waals surface area (Å²) >= 11 is 0. The molecule has 1 rings (SSSR count). The van der Waals surface area contributed by atoms with E-state index in [2.05, 4.69) is 0 Å². The molecule has 0 fully saturated rings. The Morgan fingerprint density at radius 3 is 2.47 bits per heavy atom. The van der Waals surface area contributed by atoms with E-state index in [0.717, 1.165) is 0 Å². The molecule has 2 N–H and O–H groups in total. The fourth-order valence-electron chi connectivity index (χ4n) is 1.49. The normalized spacial score (nSPS) is 27.9. The maximum absolute atomic E-state index is 11.5. The monoisotopic (exact) mass is 214 g/mol. The minimum atomic E-state index is -1.33. The summed E-state index contributed by atoms with van der Waals surface area (Å²) in [6.45, 7) is 4.13. The smallest absolute Gasteiger partial charge is 0.243 e. The van der Waals surface area contributed by atoms with Crippen molar-refractivity contribution >= 4 is 11.6 Å². The number of hydrogen-bond donors (Lipinski definition) is 2. The van der Waals surface area contributed by atoms with E-state index in [0.29, 0.717) is 0 Å². The third-order valence-electron chi connectivity index (χ3n) is 2.46. The second kappa shape index (κ2) is 3.66. The first kappa shape index (κ1) is 11.7. The Kier molecular flexibility index (Phi) is 2.86. The molecule has 0 spiro atoms. The summed E-state index contributed by atoms with van der Waals surface area (Å²) in [7, 11) is 0. The lowest BCUT2D eigenvalue weighted by atomic mass is 9.92. The number of carbonyl (C=O) groups excluding carboxylic acids is 2. The maximum Gasteiger partial charge on any atom is 0.243 e. The van der Waals surface area contributed by atoms with E-state index in [1.165, 1.54) is 20.8 Å². The van der Waals surface area contributed by atoms with Crippen molar-refractivity contribution in [2.75, 3.05) is 0 Å². The molecule has 5 nitrogen and oxygen atoms in total. The maximum atomic E-state index is 11.5. The van der Waals surface area contributed by atoms with Gasteiger partial charge in [-0.05, 0) is 20.8 Å². The Morgan fingerprint density at radius 1 is 1.60 bits per heavy atom. The van der Waals surface area contributed by atoms with E-state index in [1.807, 2.05) is 0 Å². The van der Waals surface area contributed by atoms with Gasteiger partial charge in [-0.1, -0.05) is 0 Å². The zero-order valence-corrected chi connectivity index (χ0v) is 8.90. The fourth-order valence-corrected chi connectivity index (χ4v) is 1.49. The molecule has 15 heavy (non-hydrogen) atoms. The Hall–Kier alpha value is -1.36. The van der Waals surface area contributed by atoms with E-state index < -0.39 is 29.0 Å². The lowest BCUT2D eigenvalue weighted by Crippen LogP contribution is -2.39. The van der Waals surface area contributed by atoms with Gasteiger partial charge in [-0.3, -0.25) is 9.59 Å². The summed E-state index contributed by atoms with van der Waals surface area (Å²) < 4.78 is 5.16. The number of carbonyl (C=O) groups is 2. The summed E-state index contributed by atoms with van der Waals surface area (Å²) in [5.41, 5.74) is -1.33. The van der Waals surface area contributed by atoms with Crippen LogP contribution in [-0.4, -0.2) is 33.5 Å². The van der Waals surface area contributed by atoms with Crippen LogP contribution in [0.5, 0.6) is 0 Å². The molecule has 5 heteroatoms. The zero-order valence-electron chi connectivity index (χ0n) is 8.90. The number of aliphatic hydroxyl groups excluding tert-OH is 2. The highest BCUT2D eigenvalue weighted by Gasteiger charge is 2.46. The van der Waals surface area contributed by atoms with Gasteiger partial charge < -0.3 is 14.9 Å². The molecular weight excluding hydrogens is 200 g/mol. The summed E-state index contributed by atoms with van der Waals surface area (Å²) in [6, 6.07) is 0. The quantitative estimate of drug-likeness (QED) is 0.713. The molecule has 2 atom stereocenters. The second-order valence-corrected chi connectivity index (χ2v) is 3.90. The molecule has 2 unspecified atom stereocenters. The van der Waals surface area contributed by atoms with Crippen LogP contribution < -0.4 is 0 Å². The van der Waals surface area contributed by atoms with Crippen molar-refractivity contribution in [1.29, 1.82) is 0 Å². The van der Waals surface area contributed by atoms with Crippen LogP contribution in [0.1, 0.15) is 27.2 Å². The van der Waals surface area contributed by atoms with Crippen molar-refractivity contribution in [3.05, 3.63) is 11.5 Å². The third-order valence-corrected chi connectivity index (χ3v) is 2.46. The lowest BCUT2D eigenvalue weighted by molar-refractivity contribution is -0.137.